The molecule has 1 unspecified atom stereocenters. The maximum atomic E-state index is 10.2. The van der Waals surface area contributed by atoms with E-state index in [-0.39, 0.29) is 0 Å². The number of benzene rings is 1. The summed E-state index contributed by atoms with van der Waals surface area (Å²) in [5.74, 6) is 0. The van der Waals surface area contributed by atoms with Crippen LogP contribution < -0.4 is 0 Å². The van der Waals surface area contributed by atoms with Crippen LogP contribution in [0, 0.1) is 0 Å². The minimum Gasteiger partial charge on any atom is -0.382 e. The second-order valence-corrected chi connectivity index (χ2v) is 4.15. The molecule has 0 aliphatic carbocycles. The van der Waals surface area contributed by atoms with Gasteiger partial charge < -0.3 is 5.11 Å². The average Bonchev–Trinajstić information content (AvgIpc) is 2.40. The highest BCUT2D eigenvalue weighted by atomic mass is 16.3. The van der Waals surface area contributed by atoms with Crippen LogP contribution in [0.4, 0.5) is 0 Å². The SMILES string of the molecule is CCCc1ccc(C(O)c2ccccn2)cc1. The van der Waals surface area contributed by atoms with Gasteiger partial charge in [0.1, 0.15) is 6.10 Å². The van der Waals surface area contributed by atoms with Crippen LogP contribution in [0.3, 0.4) is 0 Å². The van der Waals surface area contributed by atoms with Crippen molar-refractivity contribution in [3.05, 3.63) is 65.5 Å². The lowest BCUT2D eigenvalue weighted by Crippen LogP contribution is -2.01. The first-order valence-corrected chi connectivity index (χ1v) is 5.99. The maximum Gasteiger partial charge on any atom is 0.121 e. The summed E-state index contributed by atoms with van der Waals surface area (Å²) in [6, 6.07) is 13.7. The summed E-state index contributed by atoms with van der Waals surface area (Å²) in [5.41, 5.74) is 2.89. The maximum absolute atomic E-state index is 10.2. The molecule has 0 bridgehead atoms. The predicted octanol–water partition coefficient (Wildman–Crippen LogP) is 3.12. The monoisotopic (exact) mass is 227 g/mol. The van der Waals surface area contributed by atoms with Gasteiger partial charge in [-0.15, -0.1) is 0 Å². The van der Waals surface area contributed by atoms with Crippen LogP contribution in [0.1, 0.15) is 36.3 Å². The Hall–Kier alpha value is -1.67. The van der Waals surface area contributed by atoms with E-state index in [1.807, 2.05) is 30.3 Å². The van der Waals surface area contributed by atoms with Crippen molar-refractivity contribution in [1.82, 2.24) is 4.98 Å². The van der Waals surface area contributed by atoms with Gasteiger partial charge in [0.15, 0.2) is 0 Å². The third kappa shape index (κ3) is 2.92. The van der Waals surface area contributed by atoms with Gasteiger partial charge in [-0.25, -0.2) is 0 Å². The molecule has 0 aliphatic rings. The average molecular weight is 227 g/mol. The van der Waals surface area contributed by atoms with Crippen LogP contribution in [-0.2, 0) is 6.42 Å². The van der Waals surface area contributed by atoms with Crippen LogP contribution in [0.25, 0.3) is 0 Å². The number of hydrogen-bond acceptors (Lipinski definition) is 2. The Bertz CT molecular complexity index is 450. The molecule has 17 heavy (non-hydrogen) atoms. The van der Waals surface area contributed by atoms with Crippen LogP contribution in [-0.4, -0.2) is 10.1 Å². The molecule has 0 saturated carbocycles. The molecule has 2 heteroatoms. The van der Waals surface area contributed by atoms with Crippen molar-refractivity contribution in [2.24, 2.45) is 0 Å². The highest BCUT2D eigenvalue weighted by Crippen LogP contribution is 2.20. The van der Waals surface area contributed by atoms with Crippen molar-refractivity contribution in [3.8, 4) is 0 Å². The quantitative estimate of drug-likeness (QED) is 0.870. The lowest BCUT2D eigenvalue weighted by Gasteiger charge is -2.10. The zero-order chi connectivity index (χ0) is 12.1. The lowest BCUT2D eigenvalue weighted by atomic mass is 10.0. The molecule has 1 N–H and O–H groups in total. The van der Waals surface area contributed by atoms with Crippen LogP contribution in [0.5, 0.6) is 0 Å². The Labute approximate surface area is 102 Å². The van der Waals surface area contributed by atoms with E-state index in [1.165, 1.54) is 5.56 Å². The van der Waals surface area contributed by atoms with Crippen molar-refractivity contribution in [3.63, 3.8) is 0 Å². The summed E-state index contributed by atoms with van der Waals surface area (Å²) in [6.45, 7) is 2.16. The summed E-state index contributed by atoms with van der Waals surface area (Å²) in [6.07, 6.45) is 3.29. The number of hydrogen-bond donors (Lipinski definition) is 1. The van der Waals surface area contributed by atoms with Crippen molar-refractivity contribution in [2.75, 3.05) is 0 Å². The highest BCUT2D eigenvalue weighted by molar-refractivity contribution is 5.28. The first-order valence-electron chi connectivity index (χ1n) is 5.99. The van der Waals surface area contributed by atoms with E-state index in [1.54, 1.807) is 6.20 Å². The van der Waals surface area contributed by atoms with E-state index >= 15 is 0 Å². The summed E-state index contributed by atoms with van der Waals surface area (Å²) in [7, 11) is 0. The van der Waals surface area contributed by atoms with E-state index in [0.717, 1.165) is 18.4 Å². The largest absolute Gasteiger partial charge is 0.382 e. The molecule has 1 aromatic heterocycles. The number of rotatable bonds is 4. The molecular weight excluding hydrogens is 210 g/mol. The third-order valence-corrected chi connectivity index (χ3v) is 2.80. The van der Waals surface area contributed by atoms with Gasteiger partial charge in [-0.2, -0.15) is 0 Å². The first kappa shape index (κ1) is 11.8. The van der Waals surface area contributed by atoms with Gasteiger partial charge >= 0.3 is 0 Å². The fourth-order valence-corrected chi connectivity index (χ4v) is 1.86. The van der Waals surface area contributed by atoms with Gasteiger partial charge in [-0.3, -0.25) is 4.98 Å². The fourth-order valence-electron chi connectivity index (χ4n) is 1.86. The second kappa shape index (κ2) is 5.60. The number of aromatic nitrogens is 1. The van der Waals surface area contributed by atoms with E-state index in [9.17, 15) is 5.11 Å². The Morgan fingerprint density at radius 1 is 1.12 bits per heavy atom. The number of aliphatic hydroxyl groups is 1. The van der Waals surface area contributed by atoms with Gasteiger partial charge in [0, 0.05) is 6.20 Å². The third-order valence-electron chi connectivity index (χ3n) is 2.80. The van der Waals surface area contributed by atoms with Gasteiger partial charge in [0.25, 0.3) is 0 Å². The van der Waals surface area contributed by atoms with E-state index in [4.69, 9.17) is 0 Å². The van der Waals surface area contributed by atoms with Crippen molar-refractivity contribution < 1.29 is 5.11 Å². The zero-order valence-corrected chi connectivity index (χ0v) is 10.0. The van der Waals surface area contributed by atoms with Gasteiger partial charge in [-0.05, 0) is 29.7 Å². The molecule has 0 spiro atoms. The predicted molar refractivity (Wildman–Crippen MR) is 68.7 cm³/mol. The number of aliphatic hydroxyl groups excluding tert-OH is 1. The molecule has 0 radical (unpaired) electrons. The smallest absolute Gasteiger partial charge is 0.121 e. The van der Waals surface area contributed by atoms with Crippen LogP contribution in [0.2, 0.25) is 0 Å². The van der Waals surface area contributed by atoms with E-state index in [2.05, 4.69) is 24.0 Å². The Morgan fingerprint density at radius 3 is 2.47 bits per heavy atom. The number of aryl methyl sites for hydroxylation is 1. The molecule has 0 aliphatic heterocycles. The van der Waals surface area contributed by atoms with Crippen molar-refractivity contribution in [2.45, 2.75) is 25.9 Å². The molecule has 0 fully saturated rings. The summed E-state index contributed by atoms with van der Waals surface area (Å²) in [4.78, 5) is 4.16. The van der Waals surface area contributed by atoms with Gasteiger partial charge in [0.05, 0.1) is 5.69 Å². The normalized spacial score (nSPS) is 12.4. The summed E-state index contributed by atoms with van der Waals surface area (Å²) >= 11 is 0. The molecule has 0 saturated heterocycles. The standard InChI is InChI=1S/C15H17NO/c1-2-5-12-7-9-13(10-8-12)15(17)14-6-3-4-11-16-14/h3-4,6-11,15,17H,2,5H2,1H3. The number of pyridine rings is 1. The molecule has 0 amide bonds. The zero-order valence-electron chi connectivity index (χ0n) is 10.0. The summed E-state index contributed by atoms with van der Waals surface area (Å²) < 4.78 is 0. The molecule has 2 aromatic rings. The van der Waals surface area contributed by atoms with Crippen LogP contribution >= 0.6 is 0 Å². The Morgan fingerprint density at radius 2 is 1.88 bits per heavy atom. The van der Waals surface area contributed by atoms with Crippen molar-refractivity contribution in [1.29, 1.82) is 0 Å². The topological polar surface area (TPSA) is 33.1 Å². The van der Waals surface area contributed by atoms with Crippen molar-refractivity contribution >= 4 is 0 Å². The molecule has 88 valence electrons. The minimum absolute atomic E-state index is 0.633. The van der Waals surface area contributed by atoms with E-state index in [0.29, 0.717) is 5.69 Å². The Kier molecular flexibility index (Phi) is 3.89. The summed E-state index contributed by atoms with van der Waals surface area (Å²) in [5, 5.41) is 10.2. The molecule has 1 aromatic carbocycles. The van der Waals surface area contributed by atoms with Gasteiger partial charge in [-0.1, -0.05) is 43.7 Å². The molecule has 1 heterocycles. The van der Waals surface area contributed by atoms with Crippen LogP contribution in [0.15, 0.2) is 48.7 Å². The highest BCUT2D eigenvalue weighted by Gasteiger charge is 2.10. The number of nitrogens with zero attached hydrogens (tertiary/aromatic N) is 1. The molecule has 1 atom stereocenters. The molecule has 2 rings (SSSR count). The fraction of sp³-hybridized carbons (Fsp3) is 0.267. The Balaban J connectivity index is 2.17. The van der Waals surface area contributed by atoms with E-state index < -0.39 is 6.10 Å². The molecular formula is C15H17NO. The molecule has 2 nitrogen and oxygen atoms in total. The van der Waals surface area contributed by atoms with Gasteiger partial charge in [0.2, 0.25) is 0 Å². The first-order chi connectivity index (χ1) is 8.31. The lowest BCUT2D eigenvalue weighted by molar-refractivity contribution is 0.215. The second-order valence-electron chi connectivity index (χ2n) is 4.15. The minimum atomic E-state index is -0.633.